The van der Waals surface area contributed by atoms with E-state index in [1.165, 1.54) is 11.3 Å². The Balaban J connectivity index is 1.42. The first kappa shape index (κ1) is 28.3. The largest absolute Gasteiger partial charge is 0.481 e. The van der Waals surface area contributed by atoms with Crippen LogP contribution in [0.25, 0.3) is 10.1 Å². The first-order valence-electron chi connectivity index (χ1n) is 13.4. The van der Waals surface area contributed by atoms with Gasteiger partial charge in [0, 0.05) is 28.6 Å². The second-order valence-corrected chi connectivity index (χ2v) is 11.8. The monoisotopic (exact) mass is 582 g/mol. The highest BCUT2D eigenvalue weighted by Crippen LogP contribution is 2.30. The summed E-state index contributed by atoms with van der Waals surface area (Å²) in [6, 6.07) is 32.2. The Kier molecular flexibility index (Phi) is 9.23. The van der Waals surface area contributed by atoms with Crippen LogP contribution in [0.15, 0.2) is 102 Å². The normalized spacial score (nSPS) is 11.0. The van der Waals surface area contributed by atoms with Crippen LogP contribution in [-0.2, 0) is 22.6 Å². The summed E-state index contributed by atoms with van der Waals surface area (Å²) >= 11 is 2.97. The van der Waals surface area contributed by atoms with Crippen molar-refractivity contribution >= 4 is 50.5 Å². The molecule has 0 bridgehead atoms. The molecule has 0 aliphatic carbocycles. The van der Waals surface area contributed by atoms with Crippen LogP contribution in [0.2, 0.25) is 0 Å². The van der Waals surface area contributed by atoms with Gasteiger partial charge in [0.15, 0.2) is 0 Å². The molecule has 208 valence electrons. The Morgan fingerprint density at radius 2 is 1.49 bits per heavy atom. The van der Waals surface area contributed by atoms with Gasteiger partial charge < -0.3 is 15.3 Å². The van der Waals surface area contributed by atoms with E-state index in [1.807, 2.05) is 59.5 Å². The van der Waals surface area contributed by atoms with Crippen LogP contribution < -0.4 is 5.32 Å². The highest BCUT2D eigenvalue weighted by Gasteiger charge is 2.24. The molecule has 0 spiro atoms. The number of hydrogen-bond donors (Lipinski definition) is 2. The van der Waals surface area contributed by atoms with Crippen LogP contribution >= 0.6 is 22.7 Å². The molecule has 0 atom stereocenters. The number of nitrogens with one attached hydrogen (secondary N) is 1. The highest BCUT2D eigenvalue weighted by atomic mass is 32.1. The minimum atomic E-state index is -0.962. The first-order chi connectivity index (χ1) is 20.0. The first-order valence-corrected chi connectivity index (χ1v) is 15.1. The van der Waals surface area contributed by atoms with E-state index in [4.69, 9.17) is 5.11 Å². The molecule has 0 aliphatic rings. The van der Waals surface area contributed by atoms with Crippen LogP contribution in [0.1, 0.15) is 43.6 Å². The minimum absolute atomic E-state index is 0.0197. The molecule has 3 aromatic carbocycles. The molecule has 2 N–H and O–H groups in total. The lowest BCUT2D eigenvalue weighted by molar-refractivity contribution is -0.136. The number of rotatable bonds is 12. The van der Waals surface area contributed by atoms with Gasteiger partial charge in [-0.15, -0.1) is 22.7 Å². The summed E-state index contributed by atoms with van der Waals surface area (Å²) in [5.74, 6) is -1.28. The van der Waals surface area contributed by atoms with E-state index in [2.05, 4.69) is 47.1 Å². The summed E-state index contributed by atoms with van der Waals surface area (Å²) in [5, 5.41) is 14.7. The van der Waals surface area contributed by atoms with Crippen molar-refractivity contribution in [1.82, 2.24) is 10.2 Å². The van der Waals surface area contributed by atoms with Crippen LogP contribution in [0.4, 0.5) is 0 Å². The van der Waals surface area contributed by atoms with Crippen molar-refractivity contribution in [2.24, 2.45) is 0 Å². The number of benzene rings is 3. The second kappa shape index (κ2) is 13.4. The standard InChI is InChI=1S/C33H30N2O4S2/c36-31(19-25-22-40-29-14-8-7-13-27(25)29)35(20-26-15-16-30(41-26)33(39)34-18-17-32(37)38)21-28(23-9-3-1-4-10-23)24-11-5-2-6-12-24/h1-16,22,28H,17-21H2,(H,34,39)(H,37,38). The number of aliphatic carboxylic acids is 1. The van der Waals surface area contributed by atoms with E-state index >= 15 is 0 Å². The number of carbonyl (C=O) groups is 3. The van der Waals surface area contributed by atoms with E-state index in [1.54, 1.807) is 17.4 Å². The average Bonchev–Trinajstić information content (AvgIpc) is 3.63. The molecule has 6 nitrogen and oxygen atoms in total. The molecule has 5 aromatic rings. The fraction of sp³-hybridized carbons (Fsp3) is 0.182. The van der Waals surface area contributed by atoms with Crippen LogP contribution in [0.5, 0.6) is 0 Å². The summed E-state index contributed by atoms with van der Waals surface area (Å²) in [4.78, 5) is 40.6. The van der Waals surface area contributed by atoms with Gasteiger partial charge in [0.05, 0.1) is 24.3 Å². The molecule has 41 heavy (non-hydrogen) atoms. The Morgan fingerprint density at radius 3 is 2.17 bits per heavy atom. The number of nitrogens with zero attached hydrogens (tertiary/aromatic N) is 1. The van der Waals surface area contributed by atoms with Gasteiger partial charge in [-0.25, -0.2) is 0 Å². The van der Waals surface area contributed by atoms with E-state index in [0.29, 0.717) is 18.0 Å². The predicted molar refractivity (Wildman–Crippen MR) is 165 cm³/mol. The smallest absolute Gasteiger partial charge is 0.305 e. The van der Waals surface area contributed by atoms with Crippen molar-refractivity contribution in [3.05, 3.63) is 129 Å². The summed E-state index contributed by atoms with van der Waals surface area (Å²) < 4.78 is 1.16. The zero-order valence-electron chi connectivity index (χ0n) is 22.4. The number of thiophene rings is 2. The maximum Gasteiger partial charge on any atom is 0.305 e. The molecule has 0 saturated carbocycles. The van der Waals surface area contributed by atoms with E-state index in [9.17, 15) is 14.4 Å². The van der Waals surface area contributed by atoms with Crippen molar-refractivity contribution in [3.63, 3.8) is 0 Å². The SMILES string of the molecule is O=C(O)CCNC(=O)c1ccc(CN(CC(c2ccccc2)c2ccccc2)C(=O)Cc2csc3ccccc23)s1. The Morgan fingerprint density at radius 1 is 0.829 bits per heavy atom. The molecular weight excluding hydrogens is 553 g/mol. The molecule has 0 radical (unpaired) electrons. The Bertz CT molecular complexity index is 1590. The third-order valence-corrected chi connectivity index (χ3v) is 9.00. The molecule has 2 heterocycles. The topological polar surface area (TPSA) is 86.7 Å². The fourth-order valence-electron chi connectivity index (χ4n) is 4.84. The number of amides is 2. The van der Waals surface area contributed by atoms with Crippen LogP contribution in [-0.4, -0.2) is 40.9 Å². The molecule has 0 saturated heterocycles. The average molecular weight is 583 g/mol. The third-order valence-electron chi connectivity index (χ3n) is 6.92. The van der Waals surface area contributed by atoms with Gasteiger partial charge in [-0.1, -0.05) is 78.9 Å². The van der Waals surface area contributed by atoms with Crippen LogP contribution in [0.3, 0.4) is 0 Å². The lowest BCUT2D eigenvalue weighted by Gasteiger charge is -2.28. The lowest BCUT2D eigenvalue weighted by Crippen LogP contribution is -2.35. The van der Waals surface area contributed by atoms with E-state index in [0.717, 1.165) is 31.7 Å². The minimum Gasteiger partial charge on any atom is -0.481 e. The van der Waals surface area contributed by atoms with Gasteiger partial charge in [0.1, 0.15) is 0 Å². The van der Waals surface area contributed by atoms with Gasteiger partial charge in [-0.05, 0) is 45.7 Å². The maximum absolute atomic E-state index is 14.0. The molecule has 2 amide bonds. The van der Waals surface area contributed by atoms with Crippen molar-refractivity contribution in [3.8, 4) is 0 Å². The zero-order chi connectivity index (χ0) is 28.6. The number of carboxylic acid groups (broad SMARTS) is 1. The number of hydrogen-bond acceptors (Lipinski definition) is 5. The third kappa shape index (κ3) is 7.28. The quantitative estimate of drug-likeness (QED) is 0.174. The summed E-state index contributed by atoms with van der Waals surface area (Å²) in [6.07, 6.45) is 0.151. The van der Waals surface area contributed by atoms with Crippen molar-refractivity contribution < 1.29 is 19.5 Å². The molecule has 8 heteroatoms. The molecule has 5 rings (SSSR count). The highest BCUT2D eigenvalue weighted by molar-refractivity contribution is 7.17. The fourth-order valence-corrected chi connectivity index (χ4v) is 6.74. The predicted octanol–water partition coefficient (Wildman–Crippen LogP) is 6.57. The molecule has 0 unspecified atom stereocenters. The molecule has 2 aromatic heterocycles. The number of carboxylic acids is 1. The molecule has 0 aliphatic heterocycles. The Hall–Kier alpha value is -4.27. The van der Waals surface area contributed by atoms with E-state index in [-0.39, 0.29) is 37.1 Å². The lowest BCUT2D eigenvalue weighted by atomic mass is 9.90. The summed E-state index contributed by atoms with van der Waals surface area (Å²) in [7, 11) is 0. The van der Waals surface area contributed by atoms with Gasteiger partial charge in [0.2, 0.25) is 5.91 Å². The number of fused-ring (bicyclic) bond motifs is 1. The molecule has 0 fully saturated rings. The van der Waals surface area contributed by atoms with Crippen molar-refractivity contribution in [2.75, 3.05) is 13.1 Å². The van der Waals surface area contributed by atoms with E-state index < -0.39 is 5.97 Å². The Labute approximate surface area is 246 Å². The number of carbonyl (C=O) groups excluding carboxylic acids is 2. The maximum atomic E-state index is 14.0. The van der Waals surface area contributed by atoms with Crippen LogP contribution in [0, 0.1) is 0 Å². The molecular formula is C33H30N2O4S2. The summed E-state index contributed by atoms with van der Waals surface area (Å²) in [6.45, 7) is 0.910. The van der Waals surface area contributed by atoms with Crippen molar-refractivity contribution in [1.29, 1.82) is 0 Å². The zero-order valence-corrected chi connectivity index (χ0v) is 24.0. The van der Waals surface area contributed by atoms with Gasteiger partial charge in [0.25, 0.3) is 5.91 Å². The second-order valence-electron chi connectivity index (χ2n) is 9.75. The van der Waals surface area contributed by atoms with Crippen molar-refractivity contribution in [2.45, 2.75) is 25.3 Å². The van der Waals surface area contributed by atoms with Gasteiger partial charge in [-0.2, -0.15) is 0 Å². The van der Waals surface area contributed by atoms with Gasteiger partial charge >= 0.3 is 5.97 Å². The van der Waals surface area contributed by atoms with Gasteiger partial charge in [-0.3, -0.25) is 14.4 Å². The summed E-state index contributed by atoms with van der Waals surface area (Å²) in [5.41, 5.74) is 3.27.